The molecule has 0 aromatic heterocycles. The maximum Gasteiger partial charge on any atom is 0.262 e. The molecule has 0 radical (unpaired) electrons. The third kappa shape index (κ3) is 6.42. The molecule has 0 aliphatic rings. The standard InChI is InChI=1S/C16H17IN2O5S/c1-23-15-9-12(5-8-14(15)19-25(2,21)22)18-16(20)10-24-13-6-3-11(17)4-7-13/h3-9,19H,10H2,1-2H3,(H,18,20). The average molecular weight is 476 g/mol. The lowest BCUT2D eigenvalue weighted by molar-refractivity contribution is -0.118. The van der Waals surface area contributed by atoms with Gasteiger partial charge >= 0.3 is 0 Å². The van der Waals surface area contributed by atoms with Gasteiger partial charge < -0.3 is 14.8 Å². The van der Waals surface area contributed by atoms with E-state index in [2.05, 4.69) is 32.6 Å². The predicted molar refractivity (Wildman–Crippen MR) is 105 cm³/mol. The summed E-state index contributed by atoms with van der Waals surface area (Å²) >= 11 is 2.18. The van der Waals surface area contributed by atoms with E-state index in [9.17, 15) is 13.2 Å². The van der Waals surface area contributed by atoms with E-state index < -0.39 is 10.0 Å². The molecule has 0 atom stereocenters. The molecule has 0 unspecified atom stereocenters. The van der Waals surface area contributed by atoms with Crippen LogP contribution in [0, 0.1) is 3.57 Å². The van der Waals surface area contributed by atoms with Crippen LogP contribution in [0.2, 0.25) is 0 Å². The topological polar surface area (TPSA) is 93.7 Å². The van der Waals surface area contributed by atoms with E-state index in [-0.39, 0.29) is 18.2 Å². The number of methoxy groups -OCH3 is 1. The van der Waals surface area contributed by atoms with Gasteiger partial charge in [0.15, 0.2) is 6.61 Å². The van der Waals surface area contributed by atoms with Crippen LogP contribution in [0.4, 0.5) is 11.4 Å². The van der Waals surface area contributed by atoms with Gasteiger partial charge in [0.25, 0.3) is 5.91 Å². The first-order valence-corrected chi connectivity index (χ1v) is 10.1. The monoisotopic (exact) mass is 476 g/mol. The summed E-state index contributed by atoms with van der Waals surface area (Å²) in [5, 5.41) is 2.67. The molecular weight excluding hydrogens is 459 g/mol. The Hall–Kier alpha value is -2.01. The minimum Gasteiger partial charge on any atom is -0.494 e. The molecule has 0 aliphatic carbocycles. The average Bonchev–Trinajstić information content (AvgIpc) is 2.54. The molecule has 0 saturated carbocycles. The Morgan fingerprint density at radius 1 is 1.16 bits per heavy atom. The third-order valence-corrected chi connectivity index (χ3v) is 4.27. The number of anilines is 2. The normalized spacial score (nSPS) is 10.8. The molecule has 0 heterocycles. The predicted octanol–water partition coefficient (Wildman–Crippen LogP) is 2.69. The summed E-state index contributed by atoms with van der Waals surface area (Å²) in [6, 6.07) is 11.9. The molecule has 2 aromatic carbocycles. The van der Waals surface area contributed by atoms with Gasteiger partial charge in [-0.3, -0.25) is 9.52 Å². The van der Waals surface area contributed by atoms with Gasteiger partial charge in [0.05, 0.1) is 19.1 Å². The molecule has 2 N–H and O–H groups in total. The van der Waals surface area contributed by atoms with E-state index in [1.54, 1.807) is 18.2 Å². The Morgan fingerprint density at radius 2 is 1.84 bits per heavy atom. The highest BCUT2D eigenvalue weighted by molar-refractivity contribution is 14.1. The van der Waals surface area contributed by atoms with Crippen molar-refractivity contribution in [2.45, 2.75) is 0 Å². The molecule has 0 aliphatic heterocycles. The number of amides is 1. The molecule has 25 heavy (non-hydrogen) atoms. The molecule has 2 rings (SSSR count). The van der Waals surface area contributed by atoms with Crippen LogP contribution < -0.4 is 19.5 Å². The quantitative estimate of drug-likeness (QED) is 0.600. The van der Waals surface area contributed by atoms with E-state index in [1.165, 1.54) is 19.2 Å². The lowest BCUT2D eigenvalue weighted by atomic mass is 10.2. The van der Waals surface area contributed by atoms with E-state index in [1.807, 2.05) is 12.1 Å². The van der Waals surface area contributed by atoms with Crippen LogP contribution in [0.15, 0.2) is 42.5 Å². The van der Waals surface area contributed by atoms with Crippen molar-refractivity contribution in [1.82, 2.24) is 0 Å². The summed E-state index contributed by atoms with van der Waals surface area (Å²) in [6.45, 7) is -0.147. The minimum atomic E-state index is -3.43. The van der Waals surface area contributed by atoms with Gasteiger partial charge in [0.1, 0.15) is 11.5 Å². The number of ether oxygens (including phenoxy) is 2. The maximum atomic E-state index is 12.0. The number of sulfonamides is 1. The molecule has 134 valence electrons. The van der Waals surface area contributed by atoms with Crippen molar-refractivity contribution >= 4 is 49.9 Å². The fourth-order valence-corrected chi connectivity index (χ4v) is 2.86. The van der Waals surface area contributed by atoms with Crippen LogP contribution in [0.1, 0.15) is 0 Å². The summed E-state index contributed by atoms with van der Waals surface area (Å²) in [5.74, 6) is 0.548. The van der Waals surface area contributed by atoms with E-state index in [4.69, 9.17) is 9.47 Å². The first-order chi connectivity index (χ1) is 11.8. The molecule has 0 spiro atoms. The van der Waals surface area contributed by atoms with Crippen LogP contribution in [-0.2, 0) is 14.8 Å². The van der Waals surface area contributed by atoms with Gasteiger partial charge in [-0.15, -0.1) is 0 Å². The second-order valence-corrected chi connectivity index (χ2v) is 8.07. The van der Waals surface area contributed by atoms with Crippen molar-refractivity contribution in [1.29, 1.82) is 0 Å². The molecule has 9 heteroatoms. The van der Waals surface area contributed by atoms with Crippen LogP contribution >= 0.6 is 22.6 Å². The zero-order chi connectivity index (χ0) is 18.4. The van der Waals surface area contributed by atoms with Crippen molar-refractivity contribution in [3.05, 3.63) is 46.0 Å². The third-order valence-electron chi connectivity index (χ3n) is 2.96. The highest BCUT2D eigenvalue weighted by Crippen LogP contribution is 2.28. The second-order valence-electron chi connectivity index (χ2n) is 5.08. The molecule has 0 bridgehead atoms. The number of hydrogen-bond acceptors (Lipinski definition) is 5. The number of hydrogen-bond donors (Lipinski definition) is 2. The second kappa shape index (κ2) is 8.39. The zero-order valence-corrected chi connectivity index (χ0v) is 16.6. The summed E-state index contributed by atoms with van der Waals surface area (Å²) < 4.78 is 36.6. The van der Waals surface area contributed by atoms with Gasteiger partial charge in [-0.2, -0.15) is 0 Å². The summed E-state index contributed by atoms with van der Waals surface area (Å²) in [7, 11) is -2.01. The molecule has 0 fully saturated rings. The number of nitrogens with one attached hydrogen (secondary N) is 2. The van der Waals surface area contributed by atoms with Crippen molar-refractivity contribution < 1.29 is 22.7 Å². The Labute approximate surface area is 159 Å². The molecule has 7 nitrogen and oxygen atoms in total. The molecule has 1 amide bonds. The first-order valence-electron chi connectivity index (χ1n) is 7.11. The molecular formula is C16H17IN2O5S. The van der Waals surface area contributed by atoms with Gasteiger partial charge in [-0.05, 0) is 59.0 Å². The number of halogens is 1. The molecule has 0 saturated heterocycles. The Bertz CT molecular complexity index is 853. The van der Waals surface area contributed by atoms with Gasteiger partial charge in [-0.25, -0.2) is 8.42 Å². The summed E-state index contributed by atoms with van der Waals surface area (Å²) in [4.78, 5) is 12.0. The van der Waals surface area contributed by atoms with Crippen molar-refractivity contribution in [2.24, 2.45) is 0 Å². The number of benzene rings is 2. The molecule has 2 aromatic rings. The van der Waals surface area contributed by atoms with Gasteiger partial charge in [-0.1, -0.05) is 0 Å². The Balaban J connectivity index is 1.99. The summed E-state index contributed by atoms with van der Waals surface area (Å²) in [6.07, 6.45) is 1.05. The maximum absolute atomic E-state index is 12.0. The van der Waals surface area contributed by atoms with E-state index in [0.717, 1.165) is 9.83 Å². The van der Waals surface area contributed by atoms with Crippen molar-refractivity contribution in [2.75, 3.05) is 30.0 Å². The van der Waals surface area contributed by atoms with Crippen molar-refractivity contribution in [3.8, 4) is 11.5 Å². The van der Waals surface area contributed by atoms with Crippen LogP contribution in [-0.4, -0.2) is 34.3 Å². The van der Waals surface area contributed by atoms with Crippen LogP contribution in [0.5, 0.6) is 11.5 Å². The van der Waals surface area contributed by atoms with Crippen molar-refractivity contribution in [3.63, 3.8) is 0 Å². The summed E-state index contributed by atoms with van der Waals surface area (Å²) in [5.41, 5.74) is 0.755. The smallest absolute Gasteiger partial charge is 0.262 e. The Morgan fingerprint density at radius 3 is 2.44 bits per heavy atom. The minimum absolute atomic E-state index is 0.147. The first kappa shape index (κ1) is 19.3. The van der Waals surface area contributed by atoms with Crippen LogP contribution in [0.3, 0.4) is 0 Å². The highest BCUT2D eigenvalue weighted by Gasteiger charge is 2.11. The fourth-order valence-electron chi connectivity index (χ4n) is 1.93. The zero-order valence-electron chi connectivity index (χ0n) is 13.6. The fraction of sp³-hybridized carbons (Fsp3) is 0.188. The lowest BCUT2D eigenvalue weighted by Gasteiger charge is -2.12. The lowest BCUT2D eigenvalue weighted by Crippen LogP contribution is -2.20. The highest BCUT2D eigenvalue weighted by atomic mass is 127. The van der Waals surface area contributed by atoms with Gasteiger partial charge in [0, 0.05) is 15.3 Å². The number of carbonyl (C=O) groups is 1. The van der Waals surface area contributed by atoms with E-state index in [0.29, 0.717) is 17.2 Å². The Kier molecular flexibility index (Phi) is 6.48. The van der Waals surface area contributed by atoms with Gasteiger partial charge in [0.2, 0.25) is 10.0 Å². The SMILES string of the molecule is COc1cc(NC(=O)COc2ccc(I)cc2)ccc1NS(C)(=O)=O. The largest absolute Gasteiger partial charge is 0.494 e. The van der Waals surface area contributed by atoms with E-state index >= 15 is 0 Å². The number of rotatable bonds is 7. The van der Waals surface area contributed by atoms with Crippen LogP contribution in [0.25, 0.3) is 0 Å². The number of carbonyl (C=O) groups excluding carboxylic acids is 1.